The number of amides is 1. The van der Waals surface area contributed by atoms with Gasteiger partial charge in [-0.2, -0.15) is 0 Å². The maximum Gasteiger partial charge on any atom is 0.220 e. The number of carbonyl (C=O) groups excluding carboxylic acids is 1. The number of carbonyl (C=O) groups is 1. The van der Waals surface area contributed by atoms with Crippen LogP contribution in [-0.2, 0) is 11.2 Å². The number of para-hydroxylation sites is 1. The molecule has 0 aliphatic carbocycles. The third-order valence-electron chi connectivity index (χ3n) is 5.30. The Kier molecular flexibility index (Phi) is 6.79. The fourth-order valence-electron chi connectivity index (χ4n) is 3.68. The standard InChI is InChI=1S/C24H29ClN2O/c1-4-17-6-5-7-20-22(15-27-24(17)20)21(18-8-10-19(25)11-9-18)14-23(28)26-13-12-16(2)3/h5-11,15-16,21,27H,4,12-14H2,1-3H3,(H,26,28)/t21-/m0/s1. The normalized spacial score (nSPS) is 12.5. The Labute approximate surface area is 172 Å². The van der Waals surface area contributed by atoms with Crippen molar-refractivity contribution in [2.45, 2.75) is 46.0 Å². The lowest BCUT2D eigenvalue weighted by Crippen LogP contribution is -2.27. The molecule has 28 heavy (non-hydrogen) atoms. The van der Waals surface area contributed by atoms with Crippen LogP contribution in [0.1, 0.15) is 56.2 Å². The lowest BCUT2D eigenvalue weighted by Gasteiger charge is -2.18. The van der Waals surface area contributed by atoms with Gasteiger partial charge >= 0.3 is 0 Å². The lowest BCUT2D eigenvalue weighted by molar-refractivity contribution is -0.121. The molecule has 0 aliphatic heterocycles. The molecule has 148 valence electrons. The van der Waals surface area contributed by atoms with E-state index in [1.54, 1.807) is 0 Å². The first-order valence-corrected chi connectivity index (χ1v) is 10.5. The third kappa shape index (κ3) is 4.77. The fourth-order valence-corrected chi connectivity index (χ4v) is 3.81. The van der Waals surface area contributed by atoms with Crippen LogP contribution in [-0.4, -0.2) is 17.4 Å². The van der Waals surface area contributed by atoms with E-state index in [2.05, 4.69) is 55.5 Å². The first-order valence-electron chi connectivity index (χ1n) is 10.1. The van der Waals surface area contributed by atoms with Crippen molar-refractivity contribution in [2.75, 3.05) is 6.54 Å². The number of aromatic nitrogens is 1. The zero-order chi connectivity index (χ0) is 20.1. The van der Waals surface area contributed by atoms with Crippen LogP contribution in [0.15, 0.2) is 48.7 Å². The minimum absolute atomic E-state index is 0.0165. The topological polar surface area (TPSA) is 44.9 Å². The second-order valence-corrected chi connectivity index (χ2v) is 8.21. The van der Waals surface area contributed by atoms with Crippen LogP contribution >= 0.6 is 11.6 Å². The fraction of sp³-hybridized carbons (Fsp3) is 0.375. The van der Waals surface area contributed by atoms with Gasteiger partial charge < -0.3 is 10.3 Å². The molecule has 0 spiro atoms. The van der Waals surface area contributed by atoms with E-state index in [-0.39, 0.29) is 11.8 Å². The van der Waals surface area contributed by atoms with Crippen LogP contribution in [0.4, 0.5) is 0 Å². The number of rotatable bonds is 8. The Hall–Kier alpha value is -2.26. The Morgan fingerprint density at radius 1 is 1.14 bits per heavy atom. The van der Waals surface area contributed by atoms with Crippen molar-refractivity contribution in [1.82, 2.24) is 10.3 Å². The lowest BCUT2D eigenvalue weighted by atomic mass is 9.87. The maximum atomic E-state index is 12.7. The molecular weight excluding hydrogens is 368 g/mol. The molecule has 0 aliphatic rings. The number of nitrogens with one attached hydrogen (secondary N) is 2. The van der Waals surface area contributed by atoms with Gasteiger partial charge in [0.05, 0.1) is 0 Å². The number of halogens is 1. The molecule has 0 saturated heterocycles. The highest BCUT2D eigenvalue weighted by atomic mass is 35.5. The van der Waals surface area contributed by atoms with Crippen LogP contribution in [0, 0.1) is 5.92 Å². The molecule has 0 unspecified atom stereocenters. The van der Waals surface area contributed by atoms with Gasteiger partial charge in [-0.05, 0) is 47.6 Å². The molecule has 0 fully saturated rings. The Balaban J connectivity index is 1.93. The van der Waals surface area contributed by atoms with E-state index < -0.39 is 0 Å². The molecule has 0 radical (unpaired) electrons. The SMILES string of the molecule is CCc1cccc2c([C@@H](CC(=O)NCCC(C)C)c3ccc(Cl)cc3)c[nH]c12. The van der Waals surface area contributed by atoms with Crippen molar-refractivity contribution in [3.8, 4) is 0 Å². The van der Waals surface area contributed by atoms with E-state index in [9.17, 15) is 4.79 Å². The molecule has 4 heteroatoms. The molecule has 1 atom stereocenters. The van der Waals surface area contributed by atoms with E-state index >= 15 is 0 Å². The minimum Gasteiger partial charge on any atom is -0.361 e. The number of aryl methyl sites for hydroxylation is 1. The van der Waals surface area contributed by atoms with Crippen molar-refractivity contribution in [2.24, 2.45) is 5.92 Å². The van der Waals surface area contributed by atoms with Crippen LogP contribution in [0.5, 0.6) is 0 Å². The van der Waals surface area contributed by atoms with E-state index in [1.807, 2.05) is 24.3 Å². The van der Waals surface area contributed by atoms with Crippen molar-refractivity contribution in [1.29, 1.82) is 0 Å². The smallest absolute Gasteiger partial charge is 0.220 e. The maximum absolute atomic E-state index is 12.7. The molecule has 0 saturated carbocycles. The quantitative estimate of drug-likeness (QED) is 0.477. The molecule has 0 bridgehead atoms. The van der Waals surface area contributed by atoms with E-state index in [0.717, 1.165) is 30.5 Å². The Morgan fingerprint density at radius 3 is 2.57 bits per heavy atom. The van der Waals surface area contributed by atoms with Crippen LogP contribution in [0.25, 0.3) is 10.9 Å². The van der Waals surface area contributed by atoms with Crippen molar-refractivity contribution >= 4 is 28.4 Å². The molecule has 1 heterocycles. The summed E-state index contributed by atoms with van der Waals surface area (Å²) in [7, 11) is 0. The average Bonchev–Trinajstić information content (AvgIpc) is 3.10. The highest BCUT2D eigenvalue weighted by Gasteiger charge is 2.22. The third-order valence-corrected chi connectivity index (χ3v) is 5.55. The van der Waals surface area contributed by atoms with Gasteiger partial charge in [-0.1, -0.05) is 62.7 Å². The largest absolute Gasteiger partial charge is 0.361 e. The van der Waals surface area contributed by atoms with Gasteiger partial charge in [-0.15, -0.1) is 0 Å². The van der Waals surface area contributed by atoms with E-state index in [1.165, 1.54) is 16.5 Å². The van der Waals surface area contributed by atoms with Crippen LogP contribution in [0.2, 0.25) is 5.02 Å². The predicted molar refractivity (Wildman–Crippen MR) is 118 cm³/mol. The van der Waals surface area contributed by atoms with Gasteiger partial charge in [-0.3, -0.25) is 4.79 Å². The van der Waals surface area contributed by atoms with Gasteiger partial charge in [0.25, 0.3) is 0 Å². The summed E-state index contributed by atoms with van der Waals surface area (Å²) >= 11 is 6.09. The van der Waals surface area contributed by atoms with Gasteiger partial charge in [-0.25, -0.2) is 0 Å². The van der Waals surface area contributed by atoms with Gasteiger partial charge in [0.1, 0.15) is 0 Å². The van der Waals surface area contributed by atoms with E-state index in [0.29, 0.717) is 17.4 Å². The first kappa shape index (κ1) is 20.5. The summed E-state index contributed by atoms with van der Waals surface area (Å²) in [6.07, 6.45) is 4.44. The van der Waals surface area contributed by atoms with Crippen LogP contribution in [0.3, 0.4) is 0 Å². The monoisotopic (exact) mass is 396 g/mol. The summed E-state index contributed by atoms with van der Waals surface area (Å²) in [5.74, 6) is 0.646. The highest BCUT2D eigenvalue weighted by Crippen LogP contribution is 2.35. The first-order chi connectivity index (χ1) is 13.5. The summed E-state index contributed by atoms with van der Waals surface area (Å²) in [6.45, 7) is 7.21. The van der Waals surface area contributed by atoms with Gasteiger partial charge in [0.2, 0.25) is 5.91 Å². The Morgan fingerprint density at radius 2 is 1.89 bits per heavy atom. The van der Waals surface area contributed by atoms with Gasteiger partial charge in [0, 0.05) is 41.0 Å². The molecule has 3 nitrogen and oxygen atoms in total. The van der Waals surface area contributed by atoms with Crippen molar-refractivity contribution < 1.29 is 4.79 Å². The summed E-state index contributed by atoms with van der Waals surface area (Å²) in [6, 6.07) is 14.2. The molecular formula is C24H29ClN2O. The number of aromatic amines is 1. The van der Waals surface area contributed by atoms with Gasteiger partial charge in [0.15, 0.2) is 0 Å². The Bertz CT molecular complexity index is 927. The summed E-state index contributed by atoms with van der Waals surface area (Å²) in [4.78, 5) is 16.1. The zero-order valence-electron chi connectivity index (χ0n) is 16.9. The summed E-state index contributed by atoms with van der Waals surface area (Å²) in [5.41, 5.74) is 4.72. The molecule has 2 N–H and O–H groups in total. The molecule has 3 aromatic rings. The number of fused-ring (bicyclic) bond motifs is 1. The number of H-pyrrole nitrogens is 1. The number of hydrogen-bond donors (Lipinski definition) is 2. The van der Waals surface area contributed by atoms with E-state index in [4.69, 9.17) is 11.6 Å². The summed E-state index contributed by atoms with van der Waals surface area (Å²) in [5, 5.41) is 4.98. The minimum atomic E-state index is -0.0165. The molecule has 1 amide bonds. The molecule has 1 aromatic heterocycles. The predicted octanol–water partition coefficient (Wildman–Crippen LogP) is 6.07. The van der Waals surface area contributed by atoms with Crippen molar-refractivity contribution in [3.05, 3.63) is 70.4 Å². The highest BCUT2D eigenvalue weighted by molar-refractivity contribution is 6.30. The average molecular weight is 397 g/mol. The second kappa shape index (κ2) is 9.29. The van der Waals surface area contributed by atoms with Crippen LogP contribution < -0.4 is 5.32 Å². The van der Waals surface area contributed by atoms with Crippen molar-refractivity contribution in [3.63, 3.8) is 0 Å². The zero-order valence-corrected chi connectivity index (χ0v) is 17.6. The number of hydrogen-bond acceptors (Lipinski definition) is 1. The molecule has 3 rings (SSSR count). The second-order valence-electron chi connectivity index (χ2n) is 7.78. The number of benzene rings is 2. The summed E-state index contributed by atoms with van der Waals surface area (Å²) < 4.78 is 0. The molecule has 2 aromatic carbocycles.